The first kappa shape index (κ1) is 12.2. The third-order valence-electron chi connectivity index (χ3n) is 2.46. The van der Waals surface area contributed by atoms with Gasteiger partial charge in [-0.15, -0.1) is 5.11 Å². The first-order valence-corrected chi connectivity index (χ1v) is 5.60. The predicted molar refractivity (Wildman–Crippen MR) is 71.3 cm³/mol. The molecule has 0 bridgehead atoms. The van der Waals surface area contributed by atoms with E-state index in [0.29, 0.717) is 5.69 Å². The van der Waals surface area contributed by atoms with Crippen molar-refractivity contribution in [3.63, 3.8) is 0 Å². The predicted octanol–water partition coefficient (Wildman–Crippen LogP) is 4.31. The van der Waals surface area contributed by atoms with Gasteiger partial charge in [-0.1, -0.05) is 12.1 Å². The lowest BCUT2D eigenvalue weighted by atomic mass is 10.2. The lowest BCUT2D eigenvalue weighted by molar-refractivity contribution is 0.628. The Morgan fingerprint density at radius 3 is 2.22 bits per heavy atom. The third-order valence-corrected chi connectivity index (χ3v) is 2.46. The quantitative estimate of drug-likeness (QED) is 0.738. The van der Waals surface area contributed by atoms with Crippen LogP contribution in [0.25, 0.3) is 0 Å². The summed E-state index contributed by atoms with van der Waals surface area (Å²) in [7, 11) is 3.90. The summed E-state index contributed by atoms with van der Waals surface area (Å²) in [6.07, 6.45) is 0. The Morgan fingerprint density at radius 2 is 1.56 bits per heavy atom. The highest BCUT2D eigenvalue weighted by molar-refractivity contribution is 5.65. The summed E-state index contributed by atoms with van der Waals surface area (Å²) in [5.41, 5.74) is 2.40. The molecule has 0 fully saturated rings. The van der Waals surface area contributed by atoms with Gasteiger partial charge < -0.3 is 4.90 Å². The highest BCUT2D eigenvalue weighted by atomic mass is 19.1. The Hall–Kier alpha value is -2.23. The zero-order chi connectivity index (χ0) is 13.0. The number of nitrogens with zero attached hydrogens (tertiary/aromatic N) is 3. The lowest BCUT2D eigenvalue weighted by Crippen LogP contribution is -2.08. The van der Waals surface area contributed by atoms with Crippen molar-refractivity contribution in [2.45, 2.75) is 0 Å². The molecule has 18 heavy (non-hydrogen) atoms. The molecule has 0 aromatic heterocycles. The van der Waals surface area contributed by atoms with Gasteiger partial charge in [0.1, 0.15) is 11.5 Å². The van der Waals surface area contributed by atoms with E-state index in [1.807, 2.05) is 43.3 Å². The molecule has 0 aliphatic rings. The summed E-state index contributed by atoms with van der Waals surface area (Å²) < 4.78 is 12.7. The van der Waals surface area contributed by atoms with E-state index >= 15 is 0 Å². The molecule has 0 radical (unpaired) electrons. The Labute approximate surface area is 106 Å². The molecular weight excluding hydrogens is 229 g/mol. The molecule has 4 heteroatoms. The Kier molecular flexibility index (Phi) is 3.67. The van der Waals surface area contributed by atoms with Crippen molar-refractivity contribution in [3.8, 4) is 0 Å². The van der Waals surface area contributed by atoms with E-state index in [4.69, 9.17) is 0 Å². The minimum atomic E-state index is -0.275. The molecular formula is C14H14FN3. The van der Waals surface area contributed by atoms with Crippen LogP contribution in [0.3, 0.4) is 0 Å². The zero-order valence-corrected chi connectivity index (χ0v) is 10.3. The van der Waals surface area contributed by atoms with Crippen molar-refractivity contribution in [2.24, 2.45) is 10.2 Å². The van der Waals surface area contributed by atoms with Crippen LogP contribution in [-0.4, -0.2) is 14.1 Å². The first-order valence-electron chi connectivity index (χ1n) is 5.60. The number of halogens is 1. The Balaban J connectivity index is 2.26. The maximum atomic E-state index is 12.7. The van der Waals surface area contributed by atoms with Crippen LogP contribution in [-0.2, 0) is 0 Å². The van der Waals surface area contributed by atoms with Gasteiger partial charge in [-0.05, 0) is 36.4 Å². The van der Waals surface area contributed by atoms with E-state index in [1.165, 1.54) is 12.1 Å². The van der Waals surface area contributed by atoms with Gasteiger partial charge in [0.05, 0.1) is 11.4 Å². The Bertz CT molecular complexity index is 547. The fraction of sp³-hybridized carbons (Fsp3) is 0.143. The number of hydrogen-bond acceptors (Lipinski definition) is 3. The van der Waals surface area contributed by atoms with Gasteiger partial charge in [0.25, 0.3) is 0 Å². The van der Waals surface area contributed by atoms with Crippen LogP contribution in [0.2, 0.25) is 0 Å². The topological polar surface area (TPSA) is 28.0 Å². The first-order chi connectivity index (χ1) is 8.66. The molecule has 0 aliphatic heterocycles. The van der Waals surface area contributed by atoms with Crippen LogP contribution in [0.15, 0.2) is 58.8 Å². The standard InChI is InChI=1S/C14H14FN3/c1-18(2)14-6-4-3-5-13(14)17-16-12-9-7-11(15)8-10-12/h3-10H,1-2H3. The van der Waals surface area contributed by atoms with Crippen LogP contribution >= 0.6 is 0 Å². The zero-order valence-electron chi connectivity index (χ0n) is 10.3. The summed E-state index contributed by atoms with van der Waals surface area (Å²) in [5.74, 6) is -0.275. The molecule has 0 amide bonds. The maximum Gasteiger partial charge on any atom is 0.123 e. The molecule has 2 aromatic carbocycles. The largest absolute Gasteiger partial charge is 0.376 e. The van der Waals surface area contributed by atoms with Crippen LogP contribution in [0, 0.1) is 5.82 Å². The minimum absolute atomic E-state index is 0.275. The van der Waals surface area contributed by atoms with Gasteiger partial charge in [-0.3, -0.25) is 0 Å². The number of azo groups is 1. The van der Waals surface area contributed by atoms with Crippen molar-refractivity contribution in [2.75, 3.05) is 19.0 Å². The smallest absolute Gasteiger partial charge is 0.123 e. The molecule has 0 heterocycles. The maximum absolute atomic E-state index is 12.7. The van der Waals surface area contributed by atoms with Gasteiger partial charge in [0, 0.05) is 14.1 Å². The van der Waals surface area contributed by atoms with Crippen molar-refractivity contribution >= 4 is 17.1 Å². The molecule has 0 spiro atoms. The molecule has 0 unspecified atom stereocenters. The summed E-state index contributed by atoms with van der Waals surface area (Å²) in [6, 6.07) is 13.6. The molecule has 3 nitrogen and oxygen atoms in total. The number of rotatable bonds is 3. The number of benzene rings is 2. The van der Waals surface area contributed by atoms with Crippen LogP contribution < -0.4 is 4.90 Å². The summed E-state index contributed by atoms with van der Waals surface area (Å²) >= 11 is 0. The summed E-state index contributed by atoms with van der Waals surface area (Å²) in [4.78, 5) is 1.97. The van der Waals surface area contributed by atoms with Crippen molar-refractivity contribution < 1.29 is 4.39 Å². The number of hydrogen-bond donors (Lipinski definition) is 0. The average molecular weight is 243 g/mol. The van der Waals surface area contributed by atoms with Gasteiger partial charge >= 0.3 is 0 Å². The summed E-state index contributed by atoms with van der Waals surface area (Å²) in [5, 5.41) is 8.28. The highest BCUT2D eigenvalue weighted by Gasteiger charge is 2.01. The van der Waals surface area contributed by atoms with Crippen molar-refractivity contribution in [1.82, 2.24) is 0 Å². The van der Waals surface area contributed by atoms with E-state index in [0.717, 1.165) is 11.4 Å². The number of anilines is 1. The van der Waals surface area contributed by atoms with Gasteiger partial charge in [-0.2, -0.15) is 5.11 Å². The second-order valence-electron chi connectivity index (χ2n) is 4.06. The molecule has 92 valence electrons. The van der Waals surface area contributed by atoms with Crippen LogP contribution in [0.4, 0.5) is 21.5 Å². The molecule has 0 saturated carbocycles. The number of para-hydroxylation sites is 1. The molecule has 2 rings (SSSR count). The highest BCUT2D eigenvalue weighted by Crippen LogP contribution is 2.28. The lowest BCUT2D eigenvalue weighted by Gasteiger charge is -2.13. The van der Waals surface area contributed by atoms with E-state index in [1.54, 1.807) is 12.1 Å². The van der Waals surface area contributed by atoms with Gasteiger partial charge in [0.15, 0.2) is 0 Å². The SMILES string of the molecule is CN(C)c1ccccc1N=Nc1ccc(F)cc1. The van der Waals surface area contributed by atoms with E-state index < -0.39 is 0 Å². The Morgan fingerprint density at radius 1 is 0.889 bits per heavy atom. The van der Waals surface area contributed by atoms with Crippen LogP contribution in [0.5, 0.6) is 0 Å². The summed E-state index contributed by atoms with van der Waals surface area (Å²) in [6.45, 7) is 0. The van der Waals surface area contributed by atoms with Crippen LogP contribution in [0.1, 0.15) is 0 Å². The molecule has 0 aliphatic carbocycles. The van der Waals surface area contributed by atoms with Gasteiger partial charge in [0.2, 0.25) is 0 Å². The van der Waals surface area contributed by atoms with E-state index in [-0.39, 0.29) is 5.82 Å². The molecule has 2 aromatic rings. The minimum Gasteiger partial charge on any atom is -0.376 e. The molecule has 0 N–H and O–H groups in total. The van der Waals surface area contributed by atoms with Crippen molar-refractivity contribution in [3.05, 3.63) is 54.3 Å². The fourth-order valence-corrected chi connectivity index (χ4v) is 1.55. The van der Waals surface area contributed by atoms with E-state index in [2.05, 4.69) is 10.2 Å². The molecule has 0 atom stereocenters. The second-order valence-corrected chi connectivity index (χ2v) is 4.06. The monoisotopic (exact) mass is 243 g/mol. The third kappa shape index (κ3) is 2.91. The normalized spacial score (nSPS) is 10.8. The van der Waals surface area contributed by atoms with E-state index in [9.17, 15) is 4.39 Å². The molecule has 0 saturated heterocycles. The second kappa shape index (κ2) is 5.40. The average Bonchev–Trinajstić information content (AvgIpc) is 2.38. The fourth-order valence-electron chi connectivity index (χ4n) is 1.55. The van der Waals surface area contributed by atoms with Gasteiger partial charge in [-0.25, -0.2) is 4.39 Å². The van der Waals surface area contributed by atoms with Crippen molar-refractivity contribution in [1.29, 1.82) is 0 Å².